The van der Waals surface area contributed by atoms with Crippen LogP contribution in [0.25, 0.3) is 16.7 Å². The van der Waals surface area contributed by atoms with Crippen molar-refractivity contribution in [3.8, 4) is 0 Å². The maximum atomic E-state index is 13.2. The summed E-state index contributed by atoms with van der Waals surface area (Å²) in [6.45, 7) is 28.0. The number of rotatable bonds is 14. The largest absolute Gasteiger partial charge is 0.445 e. The van der Waals surface area contributed by atoms with Crippen LogP contribution in [0.1, 0.15) is 95.7 Å². The standard InChI is InChI=1S/C42H53N3O6/c1-27(2)30-16-20-33(21-17-30)40(7,8)43-37(46)49-25-36(51-39(48)45-41(9,10)34-22-18-31(19-23-34)28(3)4)26-50-38(47)44-42(11,12)35-15-13-14-32(24-35)29(5)6/h13-24,36H,1,3,5,25-26H2,2,4,6-12H3,(H,43,46)(H,44,47)(H,45,48). The average molecular weight is 696 g/mol. The maximum Gasteiger partial charge on any atom is 0.408 e. The van der Waals surface area contributed by atoms with Gasteiger partial charge in [0.2, 0.25) is 0 Å². The molecule has 0 aromatic heterocycles. The van der Waals surface area contributed by atoms with E-state index in [9.17, 15) is 14.4 Å². The second-order valence-electron chi connectivity index (χ2n) is 14.6. The molecule has 0 radical (unpaired) electrons. The molecule has 3 N–H and O–H groups in total. The Morgan fingerprint density at radius 1 is 0.549 bits per heavy atom. The molecule has 0 aliphatic carbocycles. The Balaban J connectivity index is 1.71. The average Bonchev–Trinajstić information content (AvgIpc) is 3.05. The quantitative estimate of drug-likeness (QED) is 0.145. The first-order valence-corrected chi connectivity index (χ1v) is 16.9. The fourth-order valence-electron chi connectivity index (χ4n) is 5.20. The van der Waals surface area contributed by atoms with Gasteiger partial charge < -0.3 is 30.2 Å². The number of alkyl carbamates (subject to hydrolysis) is 3. The van der Waals surface area contributed by atoms with Crippen LogP contribution < -0.4 is 16.0 Å². The van der Waals surface area contributed by atoms with Gasteiger partial charge in [-0.05, 0) is 102 Å². The van der Waals surface area contributed by atoms with Crippen LogP contribution in [0, 0.1) is 0 Å². The zero-order chi connectivity index (χ0) is 38.1. The van der Waals surface area contributed by atoms with Crippen molar-refractivity contribution in [1.29, 1.82) is 0 Å². The number of allylic oxidation sites excluding steroid dienone is 3. The fraction of sp³-hybridized carbons (Fsp3) is 0.357. The molecular formula is C42H53N3O6. The molecule has 3 rings (SSSR count). The van der Waals surface area contributed by atoms with E-state index >= 15 is 0 Å². The Morgan fingerprint density at radius 3 is 1.31 bits per heavy atom. The van der Waals surface area contributed by atoms with Gasteiger partial charge in [0.15, 0.2) is 6.10 Å². The number of hydrogen-bond donors (Lipinski definition) is 3. The maximum absolute atomic E-state index is 13.2. The molecule has 0 saturated heterocycles. The molecule has 9 nitrogen and oxygen atoms in total. The van der Waals surface area contributed by atoms with Gasteiger partial charge in [0.1, 0.15) is 13.2 Å². The van der Waals surface area contributed by atoms with Gasteiger partial charge in [-0.1, -0.05) is 103 Å². The zero-order valence-corrected chi connectivity index (χ0v) is 31.5. The highest BCUT2D eigenvalue weighted by Crippen LogP contribution is 2.26. The minimum Gasteiger partial charge on any atom is -0.445 e. The van der Waals surface area contributed by atoms with Crippen molar-refractivity contribution in [1.82, 2.24) is 16.0 Å². The van der Waals surface area contributed by atoms with Crippen LogP contribution in [0.3, 0.4) is 0 Å². The second-order valence-corrected chi connectivity index (χ2v) is 14.6. The van der Waals surface area contributed by atoms with Gasteiger partial charge >= 0.3 is 18.3 Å². The first kappa shape index (κ1) is 40.1. The molecule has 0 spiro atoms. The van der Waals surface area contributed by atoms with Gasteiger partial charge in [0.05, 0.1) is 16.6 Å². The molecule has 0 fully saturated rings. The lowest BCUT2D eigenvalue weighted by Crippen LogP contribution is -2.46. The predicted octanol–water partition coefficient (Wildman–Crippen LogP) is 9.44. The Kier molecular flexibility index (Phi) is 13.1. The molecule has 51 heavy (non-hydrogen) atoms. The van der Waals surface area contributed by atoms with E-state index in [1.54, 1.807) is 0 Å². The van der Waals surface area contributed by atoms with Gasteiger partial charge in [-0.25, -0.2) is 14.4 Å². The molecular weight excluding hydrogens is 642 g/mol. The normalized spacial score (nSPS) is 12.2. The first-order valence-electron chi connectivity index (χ1n) is 16.9. The van der Waals surface area contributed by atoms with E-state index in [0.29, 0.717) is 0 Å². The topological polar surface area (TPSA) is 115 Å². The van der Waals surface area contributed by atoms with Gasteiger partial charge in [0.25, 0.3) is 0 Å². The van der Waals surface area contributed by atoms with Gasteiger partial charge in [0, 0.05) is 0 Å². The molecule has 0 aliphatic rings. The molecule has 1 unspecified atom stereocenters. The molecule has 0 aliphatic heterocycles. The van der Waals surface area contributed by atoms with Crippen LogP contribution in [0.15, 0.2) is 92.5 Å². The van der Waals surface area contributed by atoms with Crippen molar-refractivity contribution in [2.75, 3.05) is 13.2 Å². The number of nitrogens with one attached hydrogen (secondary N) is 3. The Morgan fingerprint density at radius 2 is 0.922 bits per heavy atom. The summed E-state index contributed by atoms with van der Waals surface area (Å²) in [5.41, 5.74) is 5.82. The SMILES string of the molecule is C=C(C)c1ccc(C(C)(C)NC(=O)OCC(COC(=O)NC(C)(C)c2cccc(C(=C)C)c2)OC(=O)NC(C)(C)c2ccc(C(=C)C)cc2)cc1. The monoisotopic (exact) mass is 695 g/mol. The van der Waals surface area contributed by atoms with Gasteiger partial charge in [-0.15, -0.1) is 0 Å². The number of ether oxygens (including phenoxy) is 3. The zero-order valence-electron chi connectivity index (χ0n) is 31.5. The predicted molar refractivity (Wildman–Crippen MR) is 205 cm³/mol. The molecule has 3 aromatic rings. The van der Waals surface area contributed by atoms with Crippen molar-refractivity contribution in [3.63, 3.8) is 0 Å². The summed E-state index contributed by atoms with van der Waals surface area (Å²) < 4.78 is 16.7. The number of carbonyl (C=O) groups excluding carboxylic acids is 3. The summed E-state index contributed by atoms with van der Waals surface area (Å²) in [6.07, 6.45) is -3.39. The van der Waals surface area contributed by atoms with E-state index in [2.05, 4.69) is 35.7 Å². The lowest BCUT2D eigenvalue weighted by Gasteiger charge is -2.29. The highest BCUT2D eigenvalue weighted by Gasteiger charge is 2.29. The van der Waals surface area contributed by atoms with Crippen LogP contribution in [0.2, 0.25) is 0 Å². The van der Waals surface area contributed by atoms with Crippen LogP contribution in [0.5, 0.6) is 0 Å². The van der Waals surface area contributed by atoms with Gasteiger partial charge in [-0.2, -0.15) is 0 Å². The van der Waals surface area contributed by atoms with E-state index in [0.717, 1.165) is 50.1 Å². The van der Waals surface area contributed by atoms with E-state index in [-0.39, 0.29) is 13.2 Å². The number of carbonyl (C=O) groups is 3. The van der Waals surface area contributed by atoms with Crippen molar-refractivity contribution in [3.05, 3.63) is 126 Å². The minimum atomic E-state index is -1.13. The summed E-state index contributed by atoms with van der Waals surface area (Å²) >= 11 is 0. The lowest BCUT2D eigenvalue weighted by atomic mass is 9.92. The number of hydrogen-bond acceptors (Lipinski definition) is 6. The third kappa shape index (κ3) is 11.6. The molecule has 0 bridgehead atoms. The summed E-state index contributed by atoms with van der Waals surface area (Å²) in [6, 6.07) is 23.1. The second kappa shape index (κ2) is 16.6. The Labute approximate surface area is 303 Å². The summed E-state index contributed by atoms with van der Waals surface area (Å²) in [5, 5.41) is 8.59. The molecule has 3 aromatic carbocycles. The van der Waals surface area contributed by atoms with Crippen molar-refractivity contribution in [2.24, 2.45) is 0 Å². The highest BCUT2D eigenvalue weighted by molar-refractivity contribution is 5.71. The molecule has 3 amide bonds. The van der Waals surface area contributed by atoms with Crippen LogP contribution in [0.4, 0.5) is 14.4 Å². The van der Waals surface area contributed by atoms with E-state index < -0.39 is 41.0 Å². The summed E-state index contributed by atoms with van der Waals surface area (Å²) in [7, 11) is 0. The molecule has 0 heterocycles. The molecule has 1 atom stereocenters. The van der Waals surface area contributed by atoms with Crippen LogP contribution in [-0.4, -0.2) is 37.6 Å². The van der Waals surface area contributed by atoms with E-state index in [4.69, 9.17) is 14.2 Å². The summed E-state index contributed by atoms with van der Waals surface area (Å²) in [5.74, 6) is 0. The lowest BCUT2D eigenvalue weighted by molar-refractivity contribution is 0.00251. The smallest absolute Gasteiger partial charge is 0.408 e. The minimum absolute atomic E-state index is 0.380. The van der Waals surface area contributed by atoms with E-state index in [1.807, 2.05) is 135 Å². The van der Waals surface area contributed by atoms with Crippen molar-refractivity contribution >= 4 is 35.0 Å². The molecule has 9 heteroatoms. The Bertz CT molecular complexity index is 1750. The van der Waals surface area contributed by atoms with Crippen LogP contribution >= 0.6 is 0 Å². The molecule has 272 valence electrons. The fourth-order valence-corrected chi connectivity index (χ4v) is 5.20. The third-order valence-corrected chi connectivity index (χ3v) is 8.59. The summed E-state index contributed by atoms with van der Waals surface area (Å²) in [4.78, 5) is 39.3. The Hall–Kier alpha value is -5.31. The van der Waals surface area contributed by atoms with Crippen molar-refractivity contribution in [2.45, 2.75) is 85.0 Å². The first-order chi connectivity index (χ1) is 23.7. The van der Waals surface area contributed by atoms with Gasteiger partial charge in [-0.3, -0.25) is 0 Å². The molecule has 0 saturated carbocycles. The number of amides is 3. The van der Waals surface area contributed by atoms with E-state index in [1.165, 1.54) is 0 Å². The van der Waals surface area contributed by atoms with Crippen LogP contribution in [-0.2, 0) is 30.8 Å². The third-order valence-electron chi connectivity index (χ3n) is 8.59. The van der Waals surface area contributed by atoms with Crippen molar-refractivity contribution < 1.29 is 28.6 Å². The number of benzene rings is 3. The highest BCUT2D eigenvalue weighted by atomic mass is 16.6.